The van der Waals surface area contributed by atoms with E-state index in [-0.39, 0.29) is 12.4 Å². The third-order valence-electron chi connectivity index (χ3n) is 1.83. The van der Waals surface area contributed by atoms with Crippen LogP contribution in [0.3, 0.4) is 0 Å². The molecule has 0 unspecified atom stereocenters. The van der Waals surface area contributed by atoms with Crippen molar-refractivity contribution in [1.82, 2.24) is 10.2 Å². The van der Waals surface area contributed by atoms with Gasteiger partial charge in [0.2, 0.25) is 0 Å². The maximum Gasteiger partial charge on any atom is 0.154 e. The summed E-state index contributed by atoms with van der Waals surface area (Å²) in [6.07, 6.45) is 1.72. The molecule has 0 radical (unpaired) electrons. The normalized spacial score (nSPS) is 10.3. The predicted molar refractivity (Wildman–Crippen MR) is 56.5 cm³/mol. The molecule has 4 N–H and O–H groups in total. The first-order valence-corrected chi connectivity index (χ1v) is 4.50. The van der Waals surface area contributed by atoms with Crippen molar-refractivity contribution in [3.8, 4) is 0 Å². The number of nitrogens with zero attached hydrogens (tertiary/aromatic N) is 2. The van der Waals surface area contributed by atoms with Crippen molar-refractivity contribution in [2.45, 2.75) is 19.8 Å². The summed E-state index contributed by atoms with van der Waals surface area (Å²) in [6.45, 7) is 4.33. The fraction of sp³-hybridized carbons (Fsp3) is 0.444. The third kappa shape index (κ3) is 2.77. The zero-order chi connectivity index (χ0) is 10.6. The quantitative estimate of drug-likeness (QED) is 0.492. The van der Waals surface area contributed by atoms with Gasteiger partial charge in [-0.3, -0.25) is 5.41 Å². The van der Waals surface area contributed by atoms with Gasteiger partial charge in [-0.05, 0) is 17.5 Å². The number of rotatable bonds is 3. The van der Waals surface area contributed by atoms with Crippen molar-refractivity contribution in [3.05, 3.63) is 17.8 Å². The van der Waals surface area contributed by atoms with Crippen LogP contribution in [0.2, 0.25) is 0 Å². The zero-order valence-corrected chi connectivity index (χ0v) is 8.41. The maximum absolute atomic E-state index is 7.35. The molecule has 0 fully saturated rings. The van der Waals surface area contributed by atoms with Gasteiger partial charge in [-0.1, -0.05) is 13.8 Å². The van der Waals surface area contributed by atoms with Gasteiger partial charge < -0.3 is 11.1 Å². The van der Waals surface area contributed by atoms with Gasteiger partial charge in [0.15, 0.2) is 5.82 Å². The van der Waals surface area contributed by atoms with Gasteiger partial charge >= 0.3 is 0 Å². The van der Waals surface area contributed by atoms with E-state index in [1.54, 1.807) is 6.20 Å². The number of anilines is 1. The summed E-state index contributed by atoms with van der Waals surface area (Å²) in [5, 5.41) is 17.8. The minimum absolute atomic E-state index is 0.174. The zero-order valence-electron chi connectivity index (χ0n) is 8.41. The van der Waals surface area contributed by atoms with E-state index in [0.717, 1.165) is 5.56 Å². The Bertz CT molecular complexity index is 321. The van der Waals surface area contributed by atoms with Crippen LogP contribution in [0.25, 0.3) is 0 Å². The van der Waals surface area contributed by atoms with Gasteiger partial charge in [-0.25, -0.2) is 0 Å². The monoisotopic (exact) mass is 193 g/mol. The van der Waals surface area contributed by atoms with Crippen LogP contribution in [0.5, 0.6) is 0 Å². The Morgan fingerprint density at radius 3 is 2.93 bits per heavy atom. The summed E-state index contributed by atoms with van der Waals surface area (Å²) in [6, 6.07) is 1.88. The van der Waals surface area contributed by atoms with E-state index in [1.807, 2.05) is 6.07 Å². The molecule has 1 heterocycles. The molecule has 0 spiro atoms. The van der Waals surface area contributed by atoms with Crippen LogP contribution in [0.4, 0.5) is 5.82 Å². The highest BCUT2D eigenvalue weighted by Gasteiger charge is 2.03. The topological polar surface area (TPSA) is 87.7 Å². The molecular weight excluding hydrogens is 178 g/mol. The summed E-state index contributed by atoms with van der Waals surface area (Å²) in [5.41, 5.74) is 6.37. The third-order valence-corrected chi connectivity index (χ3v) is 1.83. The smallest absolute Gasteiger partial charge is 0.154 e. The highest BCUT2D eigenvalue weighted by atomic mass is 15.2. The molecule has 5 nitrogen and oxygen atoms in total. The molecular formula is C9H15N5. The molecule has 0 aromatic carbocycles. The van der Waals surface area contributed by atoms with Crippen molar-refractivity contribution in [2.24, 2.45) is 5.73 Å². The Morgan fingerprint density at radius 2 is 2.36 bits per heavy atom. The molecule has 1 aromatic rings. The van der Waals surface area contributed by atoms with Gasteiger partial charge in [0.1, 0.15) is 5.84 Å². The predicted octanol–water partition coefficient (Wildman–Crippen LogP) is 0.948. The molecule has 0 saturated heterocycles. The summed E-state index contributed by atoms with van der Waals surface area (Å²) < 4.78 is 0. The fourth-order valence-electron chi connectivity index (χ4n) is 0.964. The highest BCUT2D eigenvalue weighted by Crippen LogP contribution is 2.14. The maximum atomic E-state index is 7.35. The van der Waals surface area contributed by atoms with Gasteiger partial charge in [0.05, 0.1) is 12.7 Å². The second kappa shape index (κ2) is 4.66. The second-order valence-electron chi connectivity index (χ2n) is 3.34. The Balaban J connectivity index is 2.78. The molecule has 1 rings (SSSR count). The molecule has 0 amide bonds. The first kappa shape index (κ1) is 10.6. The van der Waals surface area contributed by atoms with E-state index < -0.39 is 0 Å². The van der Waals surface area contributed by atoms with Crippen LogP contribution < -0.4 is 11.1 Å². The van der Waals surface area contributed by atoms with Gasteiger partial charge in [0, 0.05) is 0 Å². The van der Waals surface area contributed by atoms with Crippen LogP contribution in [-0.4, -0.2) is 22.6 Å². The van der Waals surface area contributed by atoms with E-state index >= 15 is 0 Å². The molecule has 5 heteroatoms. The van der Waals surface area contributed by atoms with Crippen molar-refractivity contribution in [3.63, 3.8) is 0 Å². The lowest BCUT2D eigenvalue weighted by molar-refractivity contribution is 0.843. The average Bonchev–Trinajstić information content (AvgIpc) is 2.18. The molecule has 0 aliphatic carbocycles. The number of nitrogens with two attached hydrogens (primary N) is 1. The highest BCUT2D eigenvalue weighted by molar-refractivity contribution is 5.93. The molecule has 0 atom stereocenters. The molecule has 0 bridgehead atoms. The standard InChI is InChI=1S/C9H15N5/c1-6(2)7-3-9(14-12-5-7)13-8(11)4-10/h3,5-6H,4,10H2,1-2H3,(H2,11,13,14). The SMILES string of the molecule is CC(C)c1cnnc(NC(=N)CN)c1. The van der Waals surface area contributed by atoms with Gasteiger partial charge in [-0.2, -0.15) is 5.10 Å². The van der Waals surface area contributed by atoms with Crippen molar-refractivity contribution < 1.29 is 0 Å². The van der Waals surface area contributed by atoms with Crippen LogP contribution in [0.1, 0.15) is 25.3 Å². The van der Waals surface area contributed by atoms with E-state index in [2.05, 4.69) is 29.4 Å². The lowest BCUT2D eigenvalue weighted by Crippen LogP contribution is -2.21. The van der Waals surface area contributed by atoms with E-state index in [9.17, 15) is 0 Å². The first-order valence-electron chi connectivity index (χ1n) is 4.50. The lowest BCUT2D eigenvalue weighted by Gasteiger charge is -2.07. The van der Waals surface area contributed by atoms with E-state index in [4.69, 9.17) is 11.1 Å². The average molecular weight is 193 g/mol. The molecule has 0 aliphatic heterocycles. The minimum Gasteiger partial charge on any atom is -0.326 e. The molecule has 14 heavy (non-hydrogen) atoms. The van der Waals surface area contributed by atoms with Crippen molar-refractivity contribution in [2.75, 3.05) is 11.9 Å². The molecule has 0 aliphatic rings. The number of amidine groups is 1. The summed E-state index contributed by atoms with van der Waals surface area (Å²) >= 11 is 0. The van der Waals surface area contributed by atoms with Crippen molar-refractivity contribution >= 4 is 11.7 Å². The van der Waals surface area contributed by atoms with Crippen LogP contribution in [-0.2, 0) is 0 Å². The number of hydrogen-bond donors (Lipinski definition) is 3. The minimum atomic E-state index is 0.174. The molecule has 1 aromatic heterocycles. The Labute approximate surface area is 83.2 Å². The van der Waals surface area contributed by atoms with Crippen LogP contribution in [0, 0.1) is 5.41 Å². The number of hydrogen-bond acceptors (Lipinski definition) is 4. The Hall–Kier alpha value is -1.49. The first-order chi connectivity index (χ1) is 6.63. The Morgan fingerprint density at radius 1 is 1.64 bits per heavy atom. The van der Waals surface area contributed by atoms with Crippen molar-refractivity contribution in [1.29, 1.82) is 5.41 Å². The fourth-order valence-corrected chi connectivity index (χ4v) is 0.964. The summed E-state index contributed by atoms with van der Waals surface area (Å²) in [7, 11) is 0. The van der Waals surface area contributed by atoms with Crippen LogP contribution >= 0.6 is 0 Å². The summed E-state index contributed by atoms with van der Waals surface area (Å²) in [5.74, 6) is 1.21. The van der Waals surface area contributed by atoms with Crippen LogP contribution in [0.15, 0.2) is 12.3 Å². The summed E-state index contributed by atoms with van der Waals surface area (Å²) in [4.78, 5) is 0. The second-order valence-corrected chi connectivity index (χ2v) is 3.34. The lowest BCUT2D eigenvalue weighted by atomic mass is 10.1. The Kier molecular flexibility index (Phi) is 3.53. The molecule has 76 valence electrons. The van der Waals surface area contributed by atoms with E-state index in [1.165, 1.54) is 0 Å². The largest absolute Gasteiger partial charge is 0.326 e. The van der Waals surface area contributed by atoms with Gasteiger partial charge in [0.25, 0.3) is 0 Å². The van der Waals surface area contributed by atoms with E-state index in [0.29, 0.717) is 11.7 Å². The number of nitrogens with one attached hydrogen (secondary N) is 2. The molecule has 0 saturated carbocycles. The number of aromatic nitrogens is 2. The van der Waals surface area contributed by atoms with Gasteiger partial charge in [-0.15, -0.1) is 5.10 Å².